The Hall–Kier alpha value is 0.270. The van der Waals surface area contributed by atoms with Gasteiger partial charge in [0.1, 0.15) is 0 Å². The molecule has 1 aliphatic heterocycles. The Morgan fingerprint density at radius 3 is 2.71 bits per heavy atom. The Morgan fingerprint density at radius 2 is 2.00 bits per heavy atom. The van der Waals surface area contributed by atoms with E-state index in [4.69, 9.17) is 0 Å². The highest BCUT2D eigenvalue weighted by molar-refractivity contribution is 7.80. The maximum absolute atomic E-state index is 10.6. The summed E-state index contributed by atoms with van der Waals surface area (Å²) in [6, 6.07) is 0. The average molecular weight is 255 g/mol. The van der Waals surface area contributed by atoms with Gasteiger partial charge in [-0.05, 0) is 43.3 Å². The van der Waals surface area contributed by atoms with Crippen molar-refractivity contribution in [2.45, 2.75) is 50.5 Å². The second kappa shape index (κ2) is 4.43. The number of hydrogen-bond acceptors (Lipinski definition) is 3. The topological polar surface area (TPSA) is 23.5 Å². The minimum atomic E-state index is -0.313. The largest absolute Gasteiger partial charge is 0.390 e. The smallest absolute Gasteiger partial charge is 0.0700 e. The Morgan fingerprint density at radius 1 is 1.18 bits per heavy atom. The molecule has 1 N–H and O–H groups in total. The van der Waals surface area contributed by atoms with Gasteiger partial charge in [0.25, 0.3) is 0 Å². The van der Waals surface area contributed by atoms with Gasteiger partial charge in [0.15, 0.2) is 0 Å². The maximum Gasteiger partial charge on any atom is 0.0700 e. The van der Waals surface area contributed by atoms with Crippen LogP contribution >= 0.6 is 12.6 Å². The number of thiol groups is 1. The Bertz CT molecular complexity index is 292. The summed E-state index contributed by atoms with van der Waals surface area (Å²) >= 11 is 4.50. The maximum atomic E-state index is 10.6. The second-order valence-electron chi connectivity index (χ2n) is 6.69. The van der Waals surface area contributed by atoms with E-state index in [2.05, 4.69) is 17.5 Å². The molecule has 0 bridgehead atoms. The molecular weight excluding hydrogens is 230 g/mol. The number of hydrogen-bond donors (Lipinski definition) is 2. The summed E-state index contributed by atoms with van der Waals surface area (Å²) in [5.74, 6) is 1.58. The monoisotopic (exact) mass is 255 g/mol. The lowest BCUT2D eigenvalue weighted by atomic mass is 9.71. The number of rotatable bonds is 3. The molecule has 2 saturated carbocycles. The van der Waals surface area contributed by atoms with E-state index in [0.29, 0.717) is 11.3 Å². The van der Waals surface area contributed by atoms with E-state index in [-0.39, 0.29) is 5.60 Å². The molecule has 0 aromatic carbocycles. The minimum Gasteiger partial charge on any atom is -0.390 e. The van der Waals surface area contributed by atoms with E-state index in [9.17, 15) is 5.11 Å². The summed E-state index contributed by atoms with van der Waals surface area (Å²) in [7, 11) is 0. The molecule has 0 radical (unpaired) electrons. The van der Waals surface area contributed by atoms with Crippen LogP contribution in [-0.2, 0) is 0 Å². The fourth-order valence-electron chi connectivity index (χ4n) is 3.80. The molecule has 3 fully saturated rings. The van der Waals surface area contributed by atoms with Crippen LogP contribution in [-0.4, -0.2) is 41.0 Å². The van der Waals surface area contributed by atoms with Gasteiger partial charge in [0.05, 0.1) is 5.60 Å². The van der Waals surface area contributed by atoms with Gasteiger partial charge in [0, 0.05) is 25.6 Å². The van der Waals surface area contributed by atoms with E-state index in [1.165, 1.54) is 38.6 Å². The first-order valence-corrected chi connectivity index (χ1v) is 7.85. The summed E-state index contributed by atoms with van der Waals surface area (Å²) in [6.45, 7) is 3.46. The van der Waals surface area contributed by atoms with E-state index in [1.807, 2.05) is 0 Å². The normalized spacial score (nSPS) is 40.9. The highest BCUT2D eigenvalue weighted by atomic mass is 32.1. The van der Waals surface area contributed by atoms with Crippen LogP contribution in [0.15, 0.2) is 0 Å². The fourth-order valence-corrected chi connectivity index (χ4v) is 4.22. The first-order valence-electron chi connectivity index (χ1n) is 7.22. The van der Waals surface area contributed by atoms with Crippen LogP contribution in [0.2, 0.25) is 0 Å². The van der Waals surface area contributed by atoms with Crippen LogP contribution in [0.1, 0.15) is 44.9 Å². The van der Waals surface area contributed by atoms with Crippen LogP contribution in [0.25, 0.3) is 0 Å². The van der Waals surface area contributed by atoms with Crippen molar-refractivity contribution >= 4 is 12.6 Å². The predicted molar refractivity (Wildman–Crippen MR) is 73.5 cm³/mol. The van der Waals surface area contributed by atoms with E-state index in [1.54, 1.807) is 0 Å². The summed E-state index contributed by atoms with van der Waals surface area (Å²) < 4.78 is 0. The van der Waals surface area contributed by atoms with Crippen LogP contribution < -0.4 is 0 Å². The highest BCUT2D eigenvalue weighted by Gasteiger charge is 2.47. The van der Waals surface area contributed by atoms with Crippen molar-refractivity contribution in [1.29, 1.82) is 0 Å². The third-order valence-corrected chi connectivity index (χ3v) is 6.03. The van der Waals surface area contributed by atoms with Crippen molar-refractivity contribution in [2.75, 3.05) is 25.4 Å². The van der Waals surface area contributed by atoms with Crippen molar-refractivity contribution in [3.8, 4) is 0 Å². The number of nitrogens with zero attached hydrogens (tertiary/aromatic N) is 1. The van der Waals surface area contributed by atoms with Gasteiger partial charge < -0.3 is 10.0 Å². The molecule has 2 unspecified atom stereocenters. The van der Waals surface area contributed by atoms with Gasteiger partial charge in [-0.1, -0.05) is 12.8 Å². The molecule has 3 rings (SSSR count). The minimum absolute atomic E-state index is 0.313. The summed E-state index contributed by atoms with van der Waals surface area (Å²) in [4.78, 5) is 2.60. The number of likely N-dealkylation sites (tertiary alicyclic amines) is 1. The number of fused-ring (bicyclic) bond motifs is 1. The third kappa shape index (κ3) is 2.39. The molecule has 0 spiro atoms. The lowest BCUT2D eigenvalue weighted by Crippen LogP contribution is -2.54. The van der Waals surface area contributed by atoms with Crippen molar-refractivity contribution in [3.63, 3.8) is 0 Å². The molecule has 2 atom stereocenters. The van der Waals surface area contributed by atoms with Gasteiger partial charge in [-0.25, -0.2) is 0 Å². The second-order valence-corrected chi connectivity index (χ2v) is 7.01. The quantitative estimate of drug-likeness (QED) is 0.756. The van der Waals surface area contributed by atoms with Gasteiger partial charge in [-0.3, -0.25) is 0 Å². The van der Waals surface area contributed by atoms with E-state index >= 15 is 0 Å². The van der Waals surface area contributed by atoms with Crippen LogP contribution in [0.4, 0.5) is 0 Å². The van der Waals surface area contributed by atoms with Crippen LogP contribution in [0, 0.1) is 11.3 Å². The summed E-state index contributed by atoms with van der Waals surface area (Å²) in [5, 5.41) is 10.6. The Kier molecular flexibility index (Phi) is 3.21. The van der Waals surface area contributed by atoms with E-state index < -0.39 is 0 Å². The van der Waals surface area contributed by atoms with Gasteiger partial charge >= 0.3 is 0 Å². The molecule has 3 heteroatoms. The van der Waals surface area contributed by atoms with Crippen LogP contribution in [0.3, 0.4) is 0 Å². The molecule has 2 nitrogen and oxygen atoms in total. The standard InChI is InChI=1S/C14H25NOS/c16-14-4-2-1-3-12(14)9-15(8-7-14)10-13(11-17)5-6-13/h12,16-17H,1-11H2. The molecule has 1 heterocycles. The molecule has 0 aromatic heterocycles. The zero-order valence-corrected chi connectivity index (χ0v) is 11.6. The van der Waals surface area contributed by atoms with Crippen molar-refractivity contribution in [1.82, 2.24) is 4.90 Å². The van der Waals surface area contributed by atoms with Gasteiger partial charge in [-0.15, -0.1) is 0 Å². The summed E-state index contributed by atoms with van der Waals surface area (Å²) in [6.07, 6.45) is 8.56. The lowest BCUT2D eigenvalue weighted by Gasteiger charge is -2.48. The molecule has 3 aliphatic rings. The van der Waals surface area contributed by atoms with Crippen molar-refractivity contribution in [3.05, 3.63) is 0 Å². The summed E-state index contributed by atoms with van der Waals surface area (Å²) in [5.41, 5.74) is 0.222. The molecule has 98 valence electrons. The number of aliphatic hydroxyl groups is 1. The zero-order chi connectivity index (χ0) is 11.9. The van der Waals surface area contributed by atoms with Crippen molar-refractivity contribution in [2.24, 2.45) is 11.3 Å². The zero-order valence-electron chi connectivity index (χ0n) is 10.7. The van der Waals surface area contributed by atoms with Crippen LogP contribution in [0.5, 0.6) is 0 Å². The SMILES string of the molecule is OC12CCCCC1CN(CC1(CS)CC1)CC2. The lowest BCUT2D eigenvalue weighted by molar-refractivity contribution is -0.0974. The van der Waals surface area contributed by atoms with Gasteiger partial charge in [-0.2, -0.15) is 12.6 Å². The Labute approximate surface area is 110 Å². The molecule has 1 saturated heterocycles. The van der Waals surface area contributed by atoms with Gasteiger partial charge in [0.2, 0.25) is 0 Å². The molecule has 17 heavy (non-hydrogen) atoms. The highest BCUT2D eigenvalue weighted by Crippen LogP contribution is 2.48. The molecular formula is C14H25NOS. The fraction of sp³-hybridized carbons (Fsp3) is 1.00. The van der Waals surface area contributed by atoms with E-state index in [0.717, 1.165) is 31.7 Å². The number of piperidine rings is 1. The molecule has 0 aromatic rings. The van der Waals surface area contributed by atoms with Crippen molar-refractivity contribution < 1.29 is 5.11 Å². The first-order chi connectivity index (χ1) is 8.16. The average Bonchev–Trinajstić information content (AvgIpc) is 3.10. The first kappa shape index (κ1) is 12.3. The third-order valence-electron chi connectivity index (χ3n) is 5.36. The Balaban J connectivity index is 1.60. The molecule has 2 aliphatic carbocycles. The molecule has 0 amide bonds. The predicted octanol–water partition coefficient (Wildman–Crippen LogP) is 2.32.